The minimum Gasteiger partial charge on any atom is -0.296 e. The zero-order chi connectivity index (χ0) is 14.5. The minimum absolute atomic E-state index is 0.404. The molecular weight excluding hydrogens is 278 g/mol. The van der Waals surface area contributed by atoms with Crippen molar-refractivity contribution in [3.05, 3.63) is 58.3 Å². The van der Waals surface area contributed by atoms with Gasteiger partial charge in [0.25, 0.3) is 0 Å². The van der Waals surface area contributed by atoms with Crippen LogP contribution in [0.4, 0.5) is 0 Å². The molecule has 21 heavy (non-hydrogen) atoms. The quantitative estimate of drug-likeness (QED) is 0.922. The van der Waals surface area contributed by atoms with Crippen molar-refractivity contribution in [1.82, 2.24) is 10.2 Å². The largest absolute Gasteiger partial charge is 0.296 e. The summed E-state index contributed by atoms with van der Waals surface area (Å²) < 4.78 is 0. The third-order valence-electron chi connectivity index (χ3n) is 3.99. The molecule has 1 aliphatic rings. The smallest absolute Gasteiger partial charge is 0.121 e. The SMILES string of the molecule is N#CC1(NCc2cccs2)CCN(Cc2ccccc2)C1. The predicted octanol–water partition coefficient (Wildman–Crippen LogP) is 3.01. The lowest BCUT2D eigenvalue weighted by molar-refractivity contribution is 0.303. The maximum absolute atomic E-state index is 9.59. The summed E-state index contributed by atoms with van der Waals surface area (Å²) in [7, 11) is 0. The molecular formula is C17H19N3S. The monoisotopic (exact) mass is 297 g/mol. The van der Waals surface area contributed by atoms with Crippen molar-refractivity contribution in [2.75, 3.05) is 13.1 Å². The van der Waals surface area contributed by atoms with Crippen LogP contribution in [0.3, 0.4) is 0 Å². The van der Waals surface area contributed by atoms with Crippen LogP contribution in [0.2, 0.25) is 0 Å². The van der Waals surface area contributed by atoms with Gasteiger partial charge in [0, 0.05) is 31.1 Å². The second-order valence-corrected chi connectivity index (χ2v) is 6.61. The molecule has 2 heterocycles. The Morgan fingerprint density at radius 2 is 2.10 bits per heavy atom. The van der Waals surface area contributed by atoms with Gasteiger partial charge in [0.15, 0.2) is 0 Å². The molecule has 0 radical (unpaired) electrons. The Hall–Kier alpha value is -1.67. The lowest BCUT2D eigenvalue weighted by Gasteiger charge is -2.23. The normalized spacial score (nSPS) is 22.2. The van der Waals surface area contributed by atoms with Crippen LogP contribution < -0.4 is 5.32 Å². The molecule has 0 aliphatic carbocycles. The molecule has 1 unspecified atom stereocenters. The summed E-state index contributed by atoms with van der Waals surface area (Å²) in [6.07, 6.45) is 0.891. The van der Waals surface area contributed by atoms with Crippen molar-refractivity contribution in [3.63, 3.8) is 0 Å². The number of hydrogen-bond donors (Lipinski definition) is 1. The van der Waals surface area contributed by atoms with E-state index in [1.807, 2.05) is 6.07 Å². The van der Waals surface area contributed by atoms with Gasteiger partial charge in [-0.3, -0.25) is 10.2 Å². The summed E-state index contributed by atoms with van der Waals surface area (Å²) >= 11 is 1.73. The highest BCUT2D eigenvalue weighted by molar-refractivity contribution is 7.09. The number of likely N-dealkylation sites (tertiary alicyclic amines) is 1. The Balaban J connectivity index is 1.59. The van der Waals surface area contributed by atoms with Gasteiger partial charge in [-0.15, -0.1) is 11.3 Å². The molecule has 4 heteroatoms. The third kappa shape index (κ3) is 3.51. The summed E-state index contributed by atoms with van der Waals surface area (Å²) in [6.45, 7) is 3.47. The van der Waals surface area contributed by atoms with E-state index in [2.05, 4.69) is 58.1 Å². The van der Waals surface area contributed by atoms with Crippen LogP contribution in [0.25, 0.3) is 0 Å². The summed E-state index contributed by atoms with van der Waals surface area (Å²) in [4.78, 5) is 3.64. The number of thiophene rings is 1. The average Bonchev–Trinajstić information content (AvgIpc) is 3.17. The maximum atomic E-state index is 9.59. The number of nitrogens with zero attached hydrogens (tertiary/aromatic N) is 2. The van der Waals surface area contributed by atoms with Gasteiger partial charge >= 0.3 is 0 Å². The van der Waals surface area contributed by atoms with Gasteiger partial charge in [-0.1, -0.05) is 36.4 Å². The molecule has 3 nitrogen and oxygen atoms in total. The first kappa shape index (κ1) is 14.3. The molecule has 3 rings (SSSR count). The highest BCUT2D eigenvalue weighted by Gasteiger charge is 2.37. The molecule has 0 bridgehead atoms. The number of hydrogen-bond acceptors (Lipinski definition) is 4. The third-order valence-corrected chi connectivity index (χ3v) is 4.87. The van der Waals surface area contributed by atoms with Crippen LogP contribution >= 0.6 is 11.3 Å². The van der Waals surface area contributed by atoms with Crippen LogP contribution in [0.15, 0.2) is 47.8 Å². The van der Waals surface area contributed by atoms with E-state index in [0.29, 0.717) is 0 Å². The molecule has 1 N–H and O–H groups in total. The fourth-order valence-electron chi connectivity index (χ4n) is 2.81. The molecule has 0 amide bonds. The lowest BCUT2D eigenvalue weighted by Crippen LogP contribution is -2.45. The zero-order valence-electron chi connectivity index (χ0n) is 12.0. The van der Waals surface area contributed by atoms with Crippen LogP contribution in [-0.2, 0) is 13.1 Å². The standard InChI is InChI=1S/C17H19N3S/c18-13-17(19-11-16-7-4-10-21-16)8-9-20(14-17)12-15-5-2-1-3-6-15/h1-7,10,19H,8-9,11-12,14H2. The molecule has 1 fully saturated rings. The molecule has 2 aromatic rings. The van der Waals surface area contributed by atoms with Crippen molar-refractivity contribution >= 4 is 11.3 Å². The number of rotatable bonds is 5. The van der Waals surface area contributed by atoms with E-state index in [1.165, 1.54) is 10.4 Å². The topological polar surface area (TPSA) is 39.1 Å². The Labute approximate surface area is 129 Å². The lowest BCUT2D eigenvalue weighted by atomic mass is 10.0. The van der Waals surface area contributed by atoms with Crippen molar-refractivity contribution < 1.29 is 0 Å². The number of nitrogens with one attached hydrogen (secondary N) is 1. The first-order valence-corrected chi connectivity index (χ1v) is 8.13. The molecule has 0 spiro atoms. The molecule has 108 valence electrons. The van der Waals surface area contributed by atoms with E-state index in [9.17, 15) is 5.26 Å². The Morgan fingerprint density at radius 1 is 1.24 bits per heavy atom. The van der Waals surface area contributed by atoms with Crippen LogP contribution in [-0.4, -0.2) is 23.5 Å². The van der Waals surface area contributed by atoms with E-state index in [0.717, 1.165) is 32.6 Å². The Bertz CT molecular complexity index is 603. The molecule has 0 saturated carbocycles. The Kier molecular flexibility index (Phi) is 4.35. The van der Waals surface area contributed by atoms with Gasteiger partial charge < -0.3 is 0 Å². The van der Waals surface area contributed by atoms with E-state index in [4.69, 9.17) is 0 Å². The van der Waals surface area contributed by atoms with E-state index in [1.54, 1.807) is 11.3 Å². The molecule has 1 aromatic heterocycles. The second kappa shape index (κ2) is 6.40. The first-order valence-electron chi connectivity index (χ1n) is 7.25. The van der Waals surface area contributed by atoms with E-state index in [-0.39, 0.29) is 0 Å². The van der Waals surface area contributed by atoms with Gasteiger partial charge in [0.1, 0.15) is 5.54 Å². The van der Waals surface area contributed by atoms with Gasteiger partial charge in [-0.25, -0.2) is 0 Å². The summed E-state index contributed by atoms with van der Waals surface area (Å²) in [5, 5.41) is 15.1. The highest BCUT2D eigenvalue weighted by Crippen LogP contribution is 2.23. The van der Waals surface area contributed by atoms with Gasteiger partial charge in [0.05, 0.1) is 6.07 Å². The number of benzene rings is 1. The summed E-state index contributed by atoms with van der Waals surface area (Å²) in [5.41, 5.74) is 0.906. The van der Waals surface area contributed by atoms with Crippen molar-refractivity contribution in [3.8, 4) is 6.07 Å². The van der Waals surface area contributed by atoms with Gasteiger partial charge in [-0.2, -0.15) is 5.26 Å². The summed E-state index contributed by atoms with van der Waals surface area (Å²) in [6, 6.07) is 17.1. The van der Waals surface area contributed by atoms with Crippen molar-refractivity contribution in [1.29, 1.82) is 5.26 Å². The molecule has 1 saturated heterocycles. The van der Waals surface area contributed by atoms with Crippen molar-refractivity contribution in [2.45, 2.75) is 25.0 Å². The second-order valence-electron chi connectivity index (χ2n) is 5.57. The molecule has 1 atom stereocenters. The average molecular weight is 297 g/mol. The highest BCUT2D eigenvalue weighted by atomic mass is 32.1. The zero-order valence-corrected chi connectivity index (χ0v) is 12.8. The molecule has 1 aromatic carbocycles. The van der Waals surface area contributed by atoms with Crippen LogP contribution in [0.5, 0.6) is 0 Å². The fraction of sp³-hybridized carbons (Fsp3) is 0.353. The summed E-state index contributed by atoms with van der Waals surface area (Å²) in [5.74, 6) is 0. The fourth-order valence-corrected chi connectivity index (χ4v) is 3.45. The number of nitriles is 1. The maximum Gasteiger partial charge on any atom is 0.121 e. The molecule has 1 aliphatic heterocycles. The first-order chi connectivity index (χ1) is 10.3. The van der Waals surface area contributed by atoms with Crippen LogP contribution in [0.1, 0.15) is 16.9 Å². The van der Waals surface area contributed by atoms with Gasteiger partial charge in [0.2, 0.25) is 0 Å². The van der Waals surface area contributed by atoms with Crippen molar-refractivity contribution in [2.24, 2.45) is 0 Å². The van der Waals surface area contributed by atoms with Crippen LogP contribution in [0, 0.1) is 11.3 Å². The predicted molar refractivity (Wildman–Crippen MR) is 85.8 cm³/mol. The van der Waals surface area contributed by atoms with E-state index >= 15 is 0 Å². The minimum atomic E-state index is -0.404. The Morgan fingerprint density at radius 3 is 2.81 bits per heavy atom. The van der Waals surface area contributed by atoms with E-state index < -0.39 is 5.54 Å². The van der Waals surface area contributed by atoms with Gasteiger partial charge in [-0.05, 0) is 23.4 Å².